The molecule has 0 aliphatic carbocycles. The molecule has 98 valence electrons. The Kier molecular flexibility index (Phi) is 3.08. The van der Waals surface area contributed by atoms with Gasteiger partial charge >= 0.3 is 0 Å². The maximum atomic E-state index is 5.40. The largest absolute Gasteiger partial charge is 0.462 e. The van der Waals surface area contributed by atoms with E-state index in [1.54, 1.807) is 17.6 Å². The molecule has 3 heterocycles. The van der Waals surface area contributed by atoms with Crippen LogP contribution < -0.4 is 0 Å². The number of aromatic nitrogens is 4. The molecule has 0 unspecified atom stereocenters. The van der Waals surface area contributed by atoms with Gasteiger partial charge in [-0.2, -0.15) is 4.98 Å². The molecule has 0 atom stereocenters. The van der Waals surface area contributed by atoms with Crippen LogP contribution in [0.3, 0.4) is 0 Å². The van der Waals surface area contributed by atoms with Gasteiger partial charge in [0, 0.05) is 0 Å². The molecule has 0 aliphatic rings. The number of furan rings is 1. The van der Waals surface area contributed by atoms with E-state index in [0.29, 0.717) is 10.7 Å². The minimum absolute atomic E-state index is 0.300. The predicted octanol–water partition coefficient (Wildman–Crippen LogP) is 3.97. The summed E-state index contributed by atoms with van der Waals surface area (Å²) < 4.78 is 5.84. The van der Waals surface area contributed by atoms with Crippen LogP contribution in [0.5, 0.6) is 0 Å². The highest BCUT2D eigenvalue weighted by Gasteiger charge is 2.19. The SMILES string of the molecule is CC(C)c1nc(-c2ccco2)sc1-c1nc(=S)[nH][nH]1. The second kappa shape index (κ2) is 4.75. The van der Waals surface area contributed by atoms with E-state index in [1.165, 1.54) is 0 Å². The molecule has 0 fully saturated rings. The Labute approximate surface area is 118 Å². The molecule has 0 saturated heterocycles. The number of rotatable bonds is 3. The van der Waals surface area contributed by atoms with Gasteiger partial charge in [0.1, 0.15) is 0 Å². The lowest BCUT2D eigenvalue weighted by molar-refractivity contribution is 0.581. The molecule has 5 nitrogen and oxygen atoms in total. The summed E-state index contributed by atoms with van der Waals surface area (Å²) in [6, 6.07) is 3.76. The summed E-state index contributed by atoms with van der Waals surface area (Å²) in [6.45, 7) is 4.21. The van der Waals surface area contributed by atoms with Crippen molar-refractivity contribution in [3.63, 3.8) is 0 Å². The van der Waals surface area contributed by atoms with Crippen LogP contribution in [0.2, 0.25) is 0 Å². The zero-order valence-corrected chi connectivity index (χ0v) is 12.1. The molecule has 7 heteroatoms. The number of nitrogens with zero attached hydrogens (tertiary/aromatic N) is 2. The fourth-order valence-electron chi connectivity index (χ4n) is 1.78. The molecular weight excluding hydrogens is 280 g/mol. The molecule has 0 aromatic carbocycles. The molecule has 0 spiro atoms. The van der Waals surface area contributed by atoms with Crippen LogP contribution in [0.4, 0.5) is 0 Å². The lowest BCUT2D eigenvalue weighted by Gasteiger charge is -2.01. The van der Waals surface area contributed by atoms with Crippen molar-refractivity contribution in [1.82, 2.24) is 20.2 Å². The standard InChI is InChI=1S/C12H12N4OS2/c1-6(2)8-9(10-14-12(18)16-15-10)19-11(13-8)7-4-3-5-17-7/h3-6H,1-2H3,(H2,14,15,16,18). The van der Waals surface area contributed by atoms with Crippen molar-refractivity contribution in [2.75, 3.05) is 0 Å². The maximum absolute atomic E-state index is 5.40. The molecule has 0 amide bonds. The van der Waals surface area contributed by atoms with Crippen molar-refractivity contribution < 1.29 is 4.42 Å². The van der Waals surface area contributed by atoms with Crippen LogP contribution in [0, 0.1) is 4.77 Å². The Balaban J connectivity index is 2.15. The number of H-pyrrole nitrogens is 2. The summed E-state index contributed by atoms with van der Waals surface area (Å²) in [6.07, 6.45) is 1.65. The Morgan fingerprint density at radius 2 is 2.16 bits per heavy atom. The van der Waals surface area contributed by atoms with Gasteiger partial charge in [-0.3, -0.25) is 10.2 Å². The topological polar surface area (TPSA) is 70.5 Å². The van der Waals surface area contributed by atoms with Crippen molar-refractivity contribution in [2.24, 2.45) is 0 Å². The number of nitrogens with one attached hydrogen (secondary N) is 2. The van der Waals surface area contributed by atoms with Crippen molar-refractivity contribution >= 4 is 23.6 Å². The highest BCUT2D eigenvalue weighted by Crippen LogP contribution is 2.37. The average molecular weight is 292 g/mol. The summed E-state index contributed by atoms with van der Waals surface area (Å²) >= 11 is 6.54. The van der Waals surface area contributed by atoms with Gasteiger partial charge in [0.15, 0.2) is 16.6 Å². The molecule has 19 heavy (non-hydrogen) atoms. The van der Waals surface area contributed by atoms with E-state index in [4.69, 9.17) is 16.6 Å². The van der Waals surface area contributed by atoms with Gasteiger partial charge in [0.25, 0.3) is 0 Å². The van der Waals surface area contributed by atoms with Gasteiger partial charge in [-0.15, -0.1) is 11.3 Å². The van der Waals surface area contributed by atoms with E-state index >= 15 is 0 Å². The lowest BCUT2D eigenvalue weighted by Crippen LogP contribution is -1.91. The first-order valence-corrected chi connectivity index (χ1v) is 7.07. The predicted molar refractivity (Wildman–Crippen MR) is 76.7 cm³/mol. The van der Waals surface area contributed by atoms with Gasteiger partial charge in [0.2, 0.25) is 4.77 Å². The molecule has 3 rings (SSSR count). The van der Waals surface area contributed by atoms with Crippen LogP contribution in [0.1, 0.15) is 25.5 Å². The highest BCUT2D eigenvalue weighted by molar-refractivity contribution is 7.71. The summed E-state index contributed by atoms with van der Waals surface area (Å²) in [5.74, 6) is 1.80. The summed E-state index contributed by atoms with van der Waals surface area (Å²) in [7, 11) is 0. The Morgan fingerprint density at radius 3 is 2.74 bits per heavy atom. The summed E-state index contributed by atoms with van der Waals surface area (Å²) in [5, 5.41) is 6.64. The van der Waals surface area contributed by atoms with E-state index in [1.807, 2.05) is 12.1 Å². The third-order valence-corrected chi connectivity index (χ3v) is 3.93. The fourth-order valence-corrected chi connectivity index (χ4v) is 3.05. The van der Waals surface area contributed by atoms with Gasteiger partial charge in [-0.05, 0) is 30.3 Å². The number of thiazole rings is 1. The van der Waals surface area contributed by atoms with E-state index in [0.717, 1.165) is 27.2 Å². The Hall–Kier alpha value is -1.73. The van der Waals surface area contributed by atoms with E-state index in [2.05, 4.69) is 34.0 Å². The van der Waals surface area contributed by atoms with E-state index in [-0.39, 0.29) is 0 Å². The van der Waals surface area contributed by atoms with Gasteiger partial charge in [0.05, 0.1) is 16.8 Å². The van der Waals surface area contributed by atoms with Crippen LogP contribution in [0.15, 0.2) is 22.8 Å². The van der Waals surface area contributed by atoms with Crippen LogP contribution in [-0.2, 0) is 0 Å². The first kappa shape index (κ1) is 12.3. The number of hydrogen-bond donors (Lipinski definition) is 2. The lowest BCUT2D eigenvalue weighted by atomic mass is 10.1. The van der Waals surface area contributed by atoms with E-state index in [9.17, 15) is 0 Å². The fraction of sp³-hybridized carbons (Fsp3) is 0.250. The first-order valence-electron chi connectivity index (χ1n) is 5.85. The maximum Gasteiger partial charge on any atom is 0.213 e. The molecule has 0 saturated carbocycles. The minimum Gasteiger partial charge on any atom is -0.462 e. The van der Waals surface area contributed by atoms with Gasteiger partial charge < -0.3 is 4.42 Å². The molecule has 3 aromatic heterocycles. The summed E-state index contributed by atoms with van der Waals surface area (Å²) in [5.41, 5.74) is 0.995. The zero-order chi connectivity index (χ0) is 13.4. The van der Waals surface area contributed by atoms with Gasteiger partial charge in [-0.1, -0.05) is 13.8 Å². The third-order valence-electron chi connectivity index (χ3n) is 2.65. The number of hydrogen-bond acceptors (Lipinski definition) is 5. The molecule has 0 radical (unpaired) electrons. The van der Waals surface area contributed by atoms with Crippen molar-refractivity contribution in [2.45, 2.75) is 19.8 Å². The van der Waals surface area contributed by atoms with Crippen molar-refractivity contribution in [1.29, 1.82) is 0 Å². The van der Waals surface area contributed by atoms with Crippen LogP contribution in [-0.4, -0.2) is 20.2 Å². The smallest absolute Gasteiger partial charge is 0.213 e. The second-order valence-electron chi connectivity index (χ2n) is 4.38. The Bertz CT molecular complexity index is 736. The van der Waals surface area contributed by atoms with E-state index < -0.39 is 0 Å². The van der Waals surface area contributed by atoms with Gasteiger partial charge in [-0.25, -0.2) is 4.98 Å². The van der Waals surface area contributed by atoms with Crippen LogP contribution in [0.25, 0.3) is 21.5 Å². The number of aromatic amines is 2. The monoisotopic (exact) mass is 292 g/mol. The molecule has 0 bridgehead atoms. The Morgan fingerprint density at radius 1 is 1.32 bits per heavy atom. The molecule has 0 aliphatic heterocycles. The quantitative estimate of drug-likeness (QED) is 0.716. The van der Waals surface area contributed by atoms with Crippen molar-refractivity contribution in [3.05, 3.63) is 28.9 Å². The average Bonchev–Trinajstić information content (AvgIpc) is 3.07. The third kappa shape index (κ3) is 2.26. The van der Waals surface area contributed by atoms with Crippen molar-refractivity contribution in [3.8, 4) is 21.5 Å². The second-order valence-corrected chi connectivity index (χ2v) is 5.77. The summed E-state index contributed by atoms with van der Waals surface area (Å²) in [4.78, 5) is 9.91. The normalized spacial score (nSPS) is 11.3. The minimum atomic E-state index is 0.300. The molecule has 2 N–H and O–H groups in total. The highest BCUT2D eigenvalue weighted by atomic mass is 32.1. The molecule has 3 aromatic rings. The van der Waals surface area contributed by atoms with Crippen LogP contribution >= 0.6 is 23.6 Å². The molecular formula is C12H12N4OS2. The zero-order valence-electron chi connectivity index (χ0n) is 10.4. The first-order chi connectivity index (χ1) is 9.15.